The molecule has 0 amide bonds. The third-order valence-electron chi connectivity index (χ3n) is 2.25. The summed E-state index contributed by atoms with van der Waals surface area (Å²) in [5.41, 5.74) is -1.76. The van der Waals surface area contributed by atoms with E-state index in [1.165, 1.54) is 13.8 Å². The van der Waals surface area contributed by atoms with E-state index in [0.717, 1.165) is 0 Å². The summed E-state index contributed by atoms with van der Waals surface area (Å²) < 4.78 is 0. The fourth-order valence-electron chi connectivity index (χ4n) is 1.18. The molecular weight excluding hydrogens is 199 g/mol. The van der Waals surface area contributed by atoms with E-state index in [1.54, 1.807) is 0 Å². The summed E-state index contributed by atoms with van der Waals surface area (Å²) in [7, 11) is 0. The van der Waals surface area contributed by atoms with E-state index in [1.807, 2.05) is 0 Å². The molecule has 0 heterocycles. The Kier molecular flexibility index (Phi) is 7.07. The van der Waals surface area contributed by atoms with Crippen LogP contribution in [0.5, 0.6) is 0 Å². The van der Waals surface area contributed by atoms with Crippen molar-refractivity contribution in [3.63, 3.8) is 0 Å². The van der Waals surface area contributed by atoms with Gasteiger partial charge in [0.2, 0.25) is 0 Å². The maximum atomic E-state index is 11.1. The fourth-order valence-corrected chi connectivity index (χ4v) is 1.18. The Morgan fingerprint density at radius 1 is 1.14 bits per heavy atom. The van der Waals surface area contributed by atoms with Crippen molar-refractivity contribution in [1.29, 1.82) is 0 Å². The quantitative estimate of drug-likeness (QED) is 0.302. The molecule has 0 saturated heterocycles. The summed E-state index contributed by atoms with van der Waals surface area (Å²) in [4.78, 5) is 32.2. The van der Waals surface area contributed by atoms with Gasteiger partial charge >= 0.3 is 41.5 Å². The van der Waals surface area contributed by atoms with Crippen LogP contribution in [-0.4, -0.2) is 27.9 Å². The van der Waals surface area contributed by atoms with Crippen molar-refractivity contribution in [2.45, 2.75) is 26.7 Å². The molecule has 0 radical (unpaired) electrons. The van der Waals surface area contributed by atoms with Crippen LogP contribution in [0.3, 0.4) is 0 Å². The first-order valence-corrected chi connectivity index (χ1v) is 3.93. The minimum Gasteiger partial charge on any atom is -1.00 e. The molecule has 0 aliphatic rings. The average molecular weight is 212 g/mol. The molecule has 0 rings (SSSR count). The third kappa shape index (κ3) is 2.80. The van der Waals surface area contributed by atoms with Crippen LogP contribution in [0.1, 0.15) is 28.1 Å². The molecule has 14 heavy (non-hydrogen) atoms. The van der Waals surface area contributed by atoms with Gasteiger partial charge < -0.3 is 11.6 Å². The van der Waals surface area contributed by atoms with Gasteiger partial charge in [0.25, 0.3) is 5.78 Å². The second-order valence-corrected chi connectivity index (χ2v) is 2.73. The number of carbonyl (C=O) groups is 3. The van der Waals surface area contributed by atoms with Gasteiger partial charge in [0.05, 0.1) is 0 Å². The average Bonchev–Trinajstić information content (AvgIpc) is 2.06. The van der Waals surface area contributed by atoms with Crippen molar-refractivity contribution in [3.05, 3.63) is 0 Å². The van der Waals surface area contributed by atoms with Gasteiger partial charge in [0, 0.05) is 0 Å². The van der Waals surface area contributed by atoms with E-state index < -0.39 is 23.1 Å². The number of carbonyl (C=O) groups excluding carboxylic acids is 1. The van der Waals surface area contributed by atoms with E-state index in [0.29, 0.717) is 0 Å². The zero-order valence-corrected chi connectivity index (χ0v) is 10.5. The Morgan fingerprint density at radius 3 is 1.57 bits per heavy atom. The summed E-state index contributed by atoms with van der Waals surface area (Å²) in [6.07, 6.45) is -0.0199. The fraction of sp³-hybridized carbons (Fsp3) is 0.625. The van der Waals surface area contributed by atoms with Crippen LogP contribution in [0.4, 0.5) is 0 Å². The summed E-state index contributed by atoms with van der Waals surface area (Å²) in [6.45, 7) is 2.97. The van der Waals surface area contributed by atoms with Gasteiger partial charge in [-0.25, -0.2) is 4.79 Å². The third-order valence-corrected chi connectivity index (χ3v) is 2.25. The van der Waals surface area contributed by atoms with Crippen LogP contribution >= 0.6 is 0 Å². The molecule has 0 fully saturated rings. The van der Waals surface area contributed by atoms with Gasteiger partial charge in [-0.2, -0.15) is 0 Å². The second-order valence-electron chi connectivity index (χ2n) is 2.73. The monoisotopic (exact) mass is 212 g/mol. The van der Waals surface area contributed by atoms with Gasteiger partial charge in [-0.3, -0.25) is 9.59 Å². The Hall–Kier alpha value is -0.390. The van der Waals surface area contributed by atoms with E-state index in [-0.39, 0.29) is 43.8 Å². The topological polar surface area (TPSA) is 91.7 Å². The summed E-state index contributed by atoms with van der Waals surface area (Å²) in [5, 5.41) is 17.2. The minimum atomic E-state index is -1.76. The smallest absolute Gasteiger partial charge is 1.00 e. The van der Waals surface area contributed by atoms with Gasteiger partial charge in [-0.15, -0.1) is 0 Å². The zero-order valence-electron chi connectivity index (χ0n) is 9.53. The number of ketones is 1. The molecule has 0 aromatic rings. The largest absolute Gasteiger partial charge is 1.00 e. The van der Waals surface area contributed by atoms with Gasteiger partial charge in [-0.1, -0.05) is 13.8 Å². The second kappa shape index (κ2) is 6.16. The van der Waals surface area contributed by atoms with Crippen LogP contribution in [0.25, 0.3) is 0 Å². The maximum absolute atomic E-state index is 11.1. The van der Waals surface area contributed by atoms with Crippen LogP contribution < -0.4 is 29.6 Å². The standard InChI is InChI=1S/C8H12O5.Na.H/c1-3-8(4-2,7(12)13)5(9)6(10)11;;/h3-4H2,1-2H3,(H,10,11)(H,12,13);;/q;+1;-1. The maximum Gasteiger partial charge on any atom is 1.00 e. The molecule has 6 heteroatoms. The molecule has 5 nitrogen and oxygen atoms in total. The SMILES string of the molecule is CCC(CC)(C(=O)O)C(=O)C(=O)O.[H-].[Na+]. The summed E-state index contributed by atoms with van der Waals surface area (Å²) in [6, 6.07) is 0. The van der Waals surface area contributed by atoms with E-state index in [4.69, 9.17) is 10.2 Å². The van der Waals surface area contributed by atoms with E-state index in [2.05, 4.69) is 0 Å². The minimum absolute atomic E-state index is 0. The Bertz CT molecular complexity index is 249. The Balaban J connectivity index is -0.000000720. The van der Waals surface area contributed by atoms with Crippen LogP contribution in [0.15, 0.2) is 0 Å². The molecule has 0 unspecified atom stereocenters. The number of aliphatic carboxylic acids is 2. The molecule has 0 aromatic carbocycles. The number of rotatable bonds is 5. The van der Waals surface area contributed by atoms with Gasteiger partial charge in [0.15, 0.2) is 0 Å². The first-order chi connectivity index (χ1) is 5.92. The Labute approximate surface area is 105 Å². The number of hydrogen-bond donors (Lipinski definition) is 2. The number of carboxylic acids is 2. The van der Waals surface area contributed by atoms with Crippen molar-refractivity contribution in [3.8, 4) is 0 Å². The van der Waals surface area contributed by atoms with E-state index >= 15 is 0 Å². The van der Waals surface area contributed by atoms with Crippen molar-refractivity contribution >= 4 is 17.7 Å². The molecule has 0 bridgehead atoms. The Morgan fingerprint density at radius 2 is 1.50 bits per heavy atom. The molecular formula is C8H13NaO5. The van der Waals surface area contributed by atoms with Crippen molar-refractivity contribution in [2.24, 2.45) is 5.41 Å². The first-order valence-electron chi connectivity index (χ1n) is 3.93. The summed E-state index contributed by atoms with van der Waals surface area (Å²) >= 11 is 0. The van der Waals surface area contributed by atoms with Crippen LogP contribution in [-0.2, 0) is 14.4 Å². The zero-order chi connectivity index (χ0) is 10.6. The molecule has 0 aromatic heterocycles. The molecule has 0 saturated carbocycles. The molecule has 0 spiro atoms. The molecule has 76 valence electrons. The predicted molar refractivity (Wildman–Crippen MR) is 44.4 cm³/mol. The van der Waals surface area contributed by atoms with E-state index in [9.17, 15) is 14.4 Å². The van der Waals surface area contributed by atoms with Gasteiger partial charge in [0.1, 0.15) is 5.41 Å². The first kappa shape index (κ1) is 16.1. The molecule has 2 N–H and O–H groups in total. The van der Waals surface area contributed by atoms with Crippen molar-refractivity contribution < 1.29 is 55.6 Å². The number of carboxylic acid groups (broad SMARTS) is 2. The number of hydrogen-bond acceptors (Lipinski definition) is 3. The molecule has 0 atom stereocenters. The predicted octanol–water partition coefficient (Wildman–Crippen LogP) is -2.35. The number of Topliss-reactive ketones (excluding diaryl/α,β-unsaturated/α-hetero) is 1. The van der Waals surface area contributed by atoms with Gasteiger partial charge in [-0.05, 0) is 12.8 Å². The van der Waals surface area contributed by atoms with Crippen molar-refractivity contribution in [2.75, 3.05) is 0 Å². The van der Waals surface area contributed by atoms with Crippen molar-refractivity contribution in [1.82, 2.24) is 0 Å². The summed E-state index contributed by atoms with van der Waals surface area (Å²) in [5.74, 6) is -4.30. The normalized spacial score (nSPS) is 10.1. The molecule has 0 aliphatic heterocycles. The van der Waals surface area contributed by atoms with Crippen LogP contribution in [0, 0.1) is 5.41 Å². The van der Waals surface area contributed by atoms with Crippen LogP contribution in [0.2, 0.25) is 0 Å². The molecule has 0 aliphatic carbocycles.